The minimum Gasteiger partial charge on any atom is -0.494 e. The summed E-state index contributed by atoms with van der Waals surface area (Å²) >= 11 is 0. The summed E-state index contributed by atoms with van der Waals surface area (Å²) in [7, 11) is 1.21. The molecule has 0 aliphatic rings. The summed E-state index contributed by atoms with van der Waals surface area (Å²) in [4.78, 5) is 44.8. The van der Waals surface area contributed by atoms with Gasteiger partial charge >= 0.3 is 17.9 Å². The number of methoxy groups -OCH3 is 1. The van der Waals surface area contributed by atoms with Crippen LogP contribution in [0, 0.1) is 0 Å². The van der Waals surface area contributed by atoms with E-state index < -0.39 is 24.0 Å². The monoisotopic (exact) mass is 590 g/mol. The van der Waals surface area contributed by atoms with Gasteiger partial charge in [-0.15, -0.1) is 0 Å². The first kappa shape index (κ1) is 33.2. The van der Waals surface area contributed by atoms with E-state index in [2.05, 4.69) is 21.6 Å². The molecule has 0 unspecified atom stereocenters. The topological polar surface area (TPSA) is 114 Å². The molecule has 43 heavy (non-hydrogen) atoms. The Balaban J connectivity index is 1.39. The first-order valence-corrected chi connectivity index (χ1v) is 15.1. The lowest BCUT2D eigenvalue weighted by molar-refractivity contribution is -0.149. The molecule has 1 aromatic heterocycles. The predicted molar refractivity (Wildman–Crippen MR) is 163 cm³/mol. The molecule has 9 heteroatoms. The number of aromatic nitrogens is 2. The molecule has 0 bridgehead atoms. The van der Waals surface area contributed by atoms with E-state index in [1.807, 2.05) is 24.3 Å². The Morgan fingerprint density at radius 3 is 1.84 bits per heavy atom. The average molecular weight is 591 g/mol. The van der Waals surface area contributed by atoms with Crippen LogP contribution in [0.25, 0.3) is 11.4 Å². The van der Waals surface area contributed by atoms with Crippen LogP contribution in [0.1, 0.15) is 98.8 Å². The minimum atomic E-state index is -1.04. The third-order valence-corrected chi connectivity index (χ3v) is 6.88. The number of carbonyl (C=O) groups is 3. The van der Waals surface area contributed by atoms with Crippen molar-refractivity contribution in [3.8, 4) is 22.9 Å². The van der Waals surface area contributed by atoms with Gasteiger partial charge in [0.05, 0.1) is 24.8 Å². The number of ether oxygens (including phenoxy) is 4. The molecular formula is C34H42N2O7. The van der Waals surface area contributed by atoms with E-state index in [9.17, 15) is 14.4 Å². The van der Waals surface area contributed by atoms with Crippen LogP contribution in [0.2, 0.25) is 0 Å². The van der Waals surface area contributed by atoms with Gasteiger partial charge in [0.2, 0.25) is 0 Å². The van der Waals surface area contributed by atoms with E-state index in [4.69, 9.17) is 14.2 Å². The largest absolute Gasteiger partial charge is 0.494 e. The summed E-state index contributed by atoms with van der Waals surface area (Å²) in [6.07, 6.45) is 14.7. The zero-order valence-electron chi connectivity index (χ0n) is 25.4. The van der Waals surface area contributed by atoms with Crippen LogP contribution in [0.3, 0.4) is 0 Å². The zero-order valence-corrected chi connectivity index (χ0v) is 25.4. The molecule has 0 aliphatic heterocycles. The molecule has 0 radical (unpaired) electrons. The van der Waals surface area contributed by atoms with Crippen molar-refractivity contribution >= 4 is 17.9 Å². The highest BCUT2D eigenvalue weighted by atomic mass is 16.6. The lowest BCUT2D eigenvalue weighted by Gasteiger charge is -2.11. The van der Waals surface area contributed by atoms with Crippen molar-refractivity contribution in [1.82, 2.24) is 9.97 Å². The maximum atomic E-state index is 12.6. The number of nitrogens with zero attached hydrogens (tertiary/aromatic N) is 2. The normalized spacial score (nSPS) is 11.4. The highest BCUT2D eigenvalue weighted by Gasteiger charge is 2.19. The Morgan fingerprint density at radius 2 is 1.26 bits per heavy atom. The molecule has 9 nitrogen and oxygen atoms in total. The summed E-state index contributed by atoms with van der Waals surface area (Å²) < 4.78 is 20.8. The quantitative estimate of drug-likeness (QED) is 0.0850. The Bertz CT molecular complexity index is 1280. The van der Waals surface area contributed by atoms with Crippen LogP contribution in [0.4, 0.5) is 0 Å². The van der Waals surface area contributed by atoms with Gasteiger partial charge in [-0.1, -0.05) is 64.7 Å². The summed E-state index contributed by atoms with van der Waals surface area (Å²) in [6, 6.07) is 13.3. The Morgan fingerprint density at radius 1 is 0.698 bits per heavy atom. The fourth-order valence-electron chi connectivity index (χ4n) is 4.33. The predicted octanol–water partition coefficient (Wildman–Crippen LogP) is 7.38. The van der Waals surface area contributed by atoms with Crippen molar-refractivity contribution in [2.24, 2.45) is 0 Å². The van der Waals surface area contributed by atoms with E-state index >= 15 is 0 Å². The Hall–Kier alpha value is -4.27. The molecule has 3 rings (SSSR count). The van der Waals surface area contributed by atoms with Gasteiger partial charge in [-0.25, -0.2) is 24.4 Å². The standard InChI is InChI=1S/C34H42N2O7/c1-4-5-6-7-8-9-10-11-12-13-22-41-29-18-14-26(15-19-29)31-35-23-28(24-36-31)34(39)43-30-20-16-27(17-21-30)33(38)42-25(2)32(37)40-3/h14-21,23-25H,4-13,22H2,1-3H3/t25-/m1/s1. The fraction of sp³-hybridized carbons (Fsp3) is 0.441. The molecule has 1 atom stereocenters. The van der Waals surface area contributed by atoms with Gasteiger partial charge in [0.1, 0.15) is 11.5 Å². The van der Waals surface area contributed by atoms with E-state index in [-0.39, 0.29) is 16.9 Å². The van der Waals surface area contributed by atoms with Gasteiger partial charge in [0.25, 0.3) is 0 Å². The van der Waals surface area contributed by atoms with Crippen LogP contribution in [-0.2, 0) is 14.3 Å². The SMILES string of the molecule is CCCCCCCCCCCCOc1ccc(-c2ncc(C(=O)Oc3ccc(C(=O)O[C@H](C)C(=O)OC)cc3)cn2)cc1. The van der Waals surface area contributed by atoms with Gasteiger partial charge in [0, 0.05) is 18.0 Å². The number of carbonyl (C=O) groups excluding carboxylic acids is 3. The molecule has 0 saturated heterocycles. The average Bonchev–Trinajstić information content (AvgIpc) is 3.03. The van der Waals surface area contributed by atoms with Crippen molar-refractivity contribution in [2.45, 2.75) is 84.2 Å². The van der Waals surface area contributed by atoms with Crippen molar-refractivity contribution in [3.63, 3.8) is 0 Å². The molecule has 230 valence electrons. The highest BCUT2D eigenvalue weighted by molar-refractivity contribution is 5.92. The second-order valence-corrected chi connectivity index (χ2v) is 10.3. The molecule has 0 fully saturated rings. The third-order valence-electron chi connectivity index (χ3n) is 6.88. The number of hydrogen-bond donors (Lipinski definition) is 0. The zero-order chi connectivity index (χ0) is 30.9. The summed E-state index contributed by atoms with van der Waals surface area (Å²) in [5.41, 5.74) is 1.17. The van der Waals surface area contributed by atoms with Gasteiger partial charge in [-0.3, -0.25) is 0 Å². The van der Waals surface area contributed by atoms with E-state index in [1.54, 1.807) is 0 Å². The van der Waals surface area contributed by atoms with E-state index in [1.165, 1.54) is 108 Å². The van der Waals surface area contributed by atoms with Crippen LogP contribution >= 0.6 is 0 Å². The second-order valence-electron chi connectivity index (χ2n) is 10.3. The van der Waals surface area contributed by atoms with Gasteiger partial charge in [-0.2, -0.15) is 0 Å². The molecular weight excluding hydrogens is 548 g/mol. The van der Waals surface area contributed by atoms with Crippen molar-refractivity contribution in [1.29, 1.82) is 0 Å². The first-order chi connectivity index (χ1) is 20.9. The molecule has 1 heterocycles. The summed E-state index contributed by atoms with van der Waals surface area (Å²) in [5, 5.41) is 0. The van der Waals surface area contributed by atoms with Crippen LogP contribution in [-0.4, -0.2) is 47.7 Å². The number of benzene rings is 2. The number of hydrogen-bond acceptors (Lipinski definition) is 9. The fourth-order valence-corrected chi connectivity index (χ4v) is 4.33. The van der Waals surface area contributed by atoms with E-state index in [0.717, 1.165) is 17.7 Å². The molecule has 0 saturated carbocycles. The van der Waals surface area contributed by atoms with Crippen molar-refractivity contribution < 1.29 is 33.3 Å². The van der Waals surface area contributed by atoms with Gasteiger partial charge in [-0.05, 0) is 61.9 Å². The van der Waals surface area contributed by atoms with Gasteiger partial charge in [0.15, 0.2) is 11.9 Å². The molecule has 2 aromatic carbocycles. The molecule has 0 N–H and O–H groups in total. The molecule has 3 aromatic rings. The summed E-state index contributed by atoms with van der Waals surface area (Å²) in [6.45, 7) is 4.36. The van der Waals surface area contributed by atoms with Crippen molar-refractivity contribution in [3.05, 3.63) is 72.1 Å². The van der Waals surface area contributed by atoms with E-state index in [0.29, 0.717) is 12.4 Å². The smallest absolute Gasteiger partial charge is 0.346 e. The van der Waals surface area contributed by atoms with Crippen molar-refractivity contribution in [2.75, 3.05) is 13.7 Å². The Labute approximate surface area is 253 Å². The van der Waals surface area contributed by atoms with Crippen LogP contribution in [0.5, 0.6) is 11.5 Å². The lowest BCUT2D eigenvalue weighted by atomic mass is 10.1. The molecule has 0 aliphatic carbocycles. The Kier molecular flexibility index (Phi) is 14.1. The summed E-state index contributed by atoms with van der Waals surface area (Å²) in [5.74, 6) is -0.502. The van der Waals surface area contributed by atoms with Gasteiger partial charge < -0.3 is 18.9 Å². The van der Waals surface area contributed by atoms with Crippen LogP contribution < -0.4 is 9.47 Å². The van der Waals surface area contributed by atoms with Crippen LogP contribution in [0.15, 0.2) is 60.9 Å². The maximum absolute atomic E-state index is 12.6. The second kappa shape index (κ2) is 18.3. The lowest BCUT2D eigenvalue weighted by Crippen LogP contribution is -2.25. The molecule has 0 spiro atoms. The number of unbranched alkanes of at least 4 members (excludes halogenated alkanes) is 9. The molecule has 0 amide bonds. The first-order valence-electron chi connectivity index (χ1n) is 15.1. The minimum absolute atomic E-state index is 0.176. The number of esters is 3. The number of rotatable bonds is 18. The highest BCUT2D eigenvalue weighted by Crippen LogP contribution is 2.21. The third kappa shape index (κ3) is 11.5. The maximum Gasteiger partial charge on any atom is 0.346 e.